The molecular formula is C25H26F2N4O. The van der Waals surface area contributed by atoms with Gasteiger partial charge in [0.25, 0.3) is 0 Å². The minimum atomic E-state index is -1.00. The SMILES string of the molecule is CC1(Cc2ccccc2)CCN(c2ccc(N3NNc4cc(F)c(O)c(F)c43)cc2)CC1. The van der Waals surface area contributed by atoms with Crippen LogP contribution in [0.1, 0.15) is 25.3 Å². The van der Waals surface area contributed by atoms with Gasteiger partial charge in [-0.15, -0.1) is 5.53 Å². The van der Waals surface area contributed by atoms with Gasteiger partial charge >= 0.3 is 0 Å². The second-order valence-corrected chi connectivity index (χ2v) is 8.97. The Balaban J connectivity index is 1.28. The number of phenolic OH excluding ortho intramolecular Hbond substituents is 1. The highest BCUT2D eigenvalue weighted by Gasteiger charge is 2.31. The van der Waals surface area contributed by atoms with E-state index in [1.54, 1.807) is 0 Å². The van der Waals surface area contributed by atoms with Crippen LogP contribution in [-0.2, 0) is 6.42 Å². The van der Waals surface area contributed by atoms with Gasteiger partial charge in [0.2, 0.25) is 0 Å². The first-order valence-corrected chi connectivity index (χ1v) is 10.9. The number of hydrogen-bond acceptors (Lipinski definition) is 5. The normalized spacial score (nSPS) is 17.2. The average Bonchev–Trinajstić information content (AvgIpc) is 3.22. The van der Waals surface area contributed by atoms with Crippen molar-refractivity contribution in [3.05, 3.63) is 77.9 Å². The van der Waals surface area contributed by atoms with Gasteiger partial charge < -0.3 is 15.4 Å². The smallest absolute Gasteiger partial charge is 0.195 e. The number of nitrogens with zero attached hydrogens (tertiary/aromatic N) is 2. The van der Waals surface area contributed by atoms with Gasteiger partial charge in [-0.3, -0.25) is 5.01 Å². The van der Waals surface area contributed by atoms with Crippen LogP contribution < -0.4 is 20.9 Å². The van der Waals surface area contributed by atoms with E-state index >= 15 is 0 Å². The number of halogens is 2. The number of anilines is 4. The lowest BCUT2D eigenvalue weighted by atomic mass is 9.75. The van der Waals surface area contributed by atoms with Crippen LogP contribution in [0.25, 0.3) is 0 Å². The van der Waals surface area contributed by atoms with Gasteiger partial charge in [0.1, 0.15) is 5.69 Å². The van der Waals surface area contributed by atoms with Crippen LogP contribution in [0.3, 0.4) is 0 Å². The van der Waals surface area contributed by atoms with Crippen molar-refractivity contribution < 1.29 is 13.9 Å². The molecule has 0 atom stereocenters. The van der Waals surface area contributed by atoms with Crippen molar-refractivity contribution in [2.75, 3.05) is 28.4 Å². The van der Waals surface area contributed by atoms with E-state index in [1.807, 2.05) is 24.3 Å². The minimum absolute atomic E-state index is 0.0614. The van der Waals surface area contributed by atoms with E-state index < -0.39 is 17.4 Å². The van der Waals surface area contributed by atoms with Crippen molar-refractivity contribution in [2.45, 2.75) is 26.2 Å². The number of nitrogens with one attached hydrogen (secondary N) is 2. The molecule has 0 aromatic heterocycles. The van der Waals surface area contributed by atoms with Crippen LogP contribution in [-0.4, -0.2) is 18.2 Å². The first-order chi connectivity index (χ1) is 15.4. The van der Waals surface area contributed by atoms with Crippen LogP contribution in [0.15, 0.2) is 60.7 Å². The van der Waals surface area contributed by atoms with Gasteiger partial charge in [-0.1, -0.05) is 37.3 Å². The molecule has 0 unspecified atom stereocenters. The zero-order chi connectivity index (χ0) is 22.3. The lowest BCUT2D eigenvalue weighted by Crippen LogP contribution is -2.39. The van der Waals surface area contributed by atoms with Crippen molar-refractivity contribution in [3.8, 4) is 5.75 Å². The van der Waals surface area contributed by atoms with Gasteiger partial charge in [0.05, 0.1) is 11.4 Å². The van der Waals surface area contributed by atoms with Crippen LogP contribution in [0, 0.1) is 17.0 Å². The maximum atomic E-state index is 14.5. The molecule has 1 saturated heterocycles. The van der Waals surface area contributed by atoms with E-state index in [2.05, 4.69) is 53.1 Å². The topological polar surface area (TPSA) is 50.8 Å². The Hall–Kier alpha value is -3.32. The van der Waals surface area contributed by atoms with E-state index in [1.165, 1.54) is 10.6 Å². The molecule has 0 aliphatic carbocycles. The van der Waals surface area contributed by atoms with Gasteiger partial charge in [-0.2, -0.15) is 0 Å². The van der Waals surface area contributed by atoms with Gasteiger partial charge in [-0.25, -0.2) is 8.78 Å². The zero-order valence-electron chi connectivity index (χ0n) is 17.9. The molecule has 2 aliphatic rings. The third-order valence-electron chi connectivity index (χ3n) is 6.61. The van der Waals surface area contributed by atoms with E-state index in [4.69, 9.17) is 0 Å². The summed E-state index contributed by atoms with van der Waals surface area (Å²) in [5.41, 5.74) is 9.32. The predicted octanol–water partition coefficient (Wildman–Crippen LogP) is 5.50. The fourth-order valence-corrected chi connectivity index (χ4v) is 4.66. The summed E-state index contributed by atoms with van der Waals surface area (Å²) in [6.45, 7) is 4.34. The molecule has 3 N–H and O–H groups in total. The quantitative estimate of drug-likeness (QED) is 0.472. The van der Waals surface area contributed by atoms with E-state index in [-0.39, 0.29) is 11.4 Å². The Kier molecular flexibility index (Phi) is 5.13. The van der Waals surface area contributed by atoms with Gasteiger partial charge in [-0.05, 0) is 54.5 Å². The highest BCUT2D eigenvalue weighted by Crippen LogP contribution is 2.42. The highest BCUT2D eigenvalue weighted by molar-refractivity contribution is 5.81. The first-order valence-electron chi connectivity index (χ1n) is 10.9. The third-order valence-corrected chi connectivity index (χ3v) is 6.61. The Morgan fingerprint density at radius 2 is 1.62 bits per heavy atom. The summed E-state index contributed by atoms with van der Waals surface area (Å²) < 4.78 is 28.1. The second kappa shape index (κ2) is 7.98. The molecule has 0 spiro atoms. The summed E-state index contributed by atoms with van der Waals surface area (Å²) in [6.07, 6.45) is 3.32. The standard InChI is InChI=1S/C25H26F2N4O/c1-25(16-17-5-3-2-4-6-17)11-13-30(14-12-25)18-7-9-19(10-8-18)31-23-21(28-29-31)15-20(26)24(32)22(23)27/h2-10,15,28-29,32H,11-14,16H2,1H3. The predicted molar refractivity (Wildman–Crippen MR) is 123 cm³/mol. The third kappa shape index (κ3) is 3.73. The second-order valence-electron chi connectivity index (χ2n) is 8.97. The molecule has 0 saturated carbocycles. The lowest BCUT2D eigenvalue weighted by molar-refractivity contribution is 0.246. The summed E-state index contributed by atoms with van der Waals surface area (Å²) in [5.74, 6) is -2.99. The number of piperidine rings is 1. The first kappa shape index (κ1) is 20.6. The summed E-state index contributed by atoms with van der Waals surface area (Å²) >= 11 is 0. The molecule has 2 aliphatic heterocycles. The molecular weight excluding hydrogens is 410 g/mol. The average molecular weight is 437 g/mol. The summed E-state index contributed by atoms with van der Waals surface area (Å²) in [7, 11) is 0. The highest BCUT2D eigenvalue weighted by atomic mass is 19.1. The van der Waals surface area contributed by atoms with Gasteiger partial charge in [0, 0.05) is 24.8 Å². The fourth-order valence-electron chi connectivity index (χ4n) is 4.66. The molecule has 3 aromatic carbocycles. The van der Waals surface area contributed by atoms with Crippen LogP contribution in [0.2, 0.25) is 0 Å². The largest absolute Gasteiger partial charge is 0.503 e. The molecule has 166 valence electrons. The molecule has 7 heteroatoms. The number of hydrogen-bond donors (Lipinski definition) is 3. The van der Waals surface area contributed by atoms with E-state index in [9.17, 15) is 13.9 Å². The number of hydrazine groups is 2. The molecule has 1 fully saturated rings. The number of phenols is 1. The fraction of sp³-hybridized carbons (Fsp3) is 0.280. The number of aromatic hydroxyl groups is 1. The number of benzene rings is 3. The number of fused-ring (bicyclic) bond motifs is 1. The molecule has 32 heavy (non-hydrogen) atoms. The Bertz CT molecular complexity index is 1110. The Morgan fingerprint density at radius 3 is 2.31 bits per heavy atom. The van der Waals surface area contributed by atoms with Crippen molar-refractivity contribution in [2.24, 2.45) is 5.41 Å². The summed E-state index contributed by atoms with van der Waals surface area (Å²) in [6, 6.07) is 19.5. The van der Waals surface area contributed by atoms with E-state index in [0.717, 1.165) is 44.1 Å². The zero-order valence-corrected chi connectivity index (χ0v) is 17.9. The molecule has 0 bridgehead atoms. The Labute approximate surface area is 186 Å². The van der Waals surface area contributed by atoms with Crippen LogP contribution >= 0.6 is 0 Å². The van der Waals surface area contributed by atoms with Crippen molar-refractivity contribution in [1.82, 2.24) is 5.53 Å². The minimum Gasteiger partial charge on any atom is -0.503 e. The molecule has 3 aromatic rings. The van der Waals surface area contributed by atoms with Crippen LogP contribution in [0.5, 0.6) is 5.75 Å². The van der Waals surface area contributed by atoms with Gasteiger partial charge in [0.15, 0.2) is 17.4 Å². The summed E-state index contributed by atoms with van der Waals surface area (Å²) in [4.78, 5) is 2.38. The number of rotatable bonds is 4. The lowest BCUT2D eigenvalue weighted by Gasteiger charge is -2.40. The van der Waals surface area contributed by atoms with Crippen LogP contribution in [0.4, 0.5) is 31.5 Å². The van der Waals surface area contributed by atoms with E-state index in [0.29, 0.717) is 11.1 Å². The monoisotopic (exact) mass is 436 g/mol. The molecule has 5 nitrogen and oxygen atoms in total. The molecule has 0 amide bonds. The molecule has 5 rings (SSSR count). The maximum absolute atomic E-state index is 14.5. The molecule has 2 heterocycles. The maximum Gasteiger partial charge on any atom is 0.195 e. The van der Waals surface area contributed by atoms with Crippen molar-refractivity contribution in [3.63, 3.8) is 0 Å². The summed E-state index contributed by atoms with van der Waals surface area (Å²) in [5, 5.41) is 11.1. The Morgan fingerprint density at radius 1 is 0.969 bits per heavy atom. The van der Waals surface area contributed by atoms with Crippen molar-refractivity contribution in [1.29, 1.82) is 0 Å². The van der Waals surface area contributed by atoms with Crippen molar-refractivity contribution >= 4 is 22.7 Å². The molecule has 0 radical (unpaired) electrons.